The van der Waals surface area contributed by atoms with Gasteiger partial charge in [-0.05, 0) is 12.0 Å². The first-order valence-electron chi connectivity index (χ1n) is 5.91. The lowest BCUT2D eigenvalue weighted by Crippen LogP contribution is -2.37. The SMILES string of the molecule is O=C1c2cc([N+](=O)[O-])ccc2CCN1CC=CCCl. The largest absolute Gasteiger partial charge is 0.335 e. The van der Waals surface area contributed by atoms with Gasteiger partial charge in [0.2, 0.25) is 0 Å². The first kappa shape index (κ1) is 13.5. The molecule has 1 aromatic carbocycles. The van der Waals surface area contributed by atoms with Crippen molar-refractivity contribution < 1.29 is 9.72 Å². The Balaban J connectivity index is 2.23. The highest BCUT2D eigenvalue weighted by atomic mass is 35.5. The van der Waals surface area contributed by atoms with E-state index in [4.69, 9.17) is 11.6 Å². The second-order valence-corrected chi connectivity index (χ2v) is 4.53. The maximum atomic E-state index is 12.2. The number of hydrogen-bond acceptors (Lipinski definition) is 3. The molecular weight excluding hydrogens is 268 g/mol. The number of fused-ring (bicyclic) bond motifs is 1. The second kappa shape index (κ2) is 5.84. The van der Waals surface area contributed by atoms with E-state index in [1.54, 1.807) is 17.0 Å². The first-order chi connectivity index (χ1) is 9.13. The highest BCUT2D eigenvalue weighted by Gasteiger charge is 2.25. The molecule has 19 heavy (non-hydrogen) atoms. The zero-order chi connectivity index (χ0) is 13.8. The van der Waals surface area contributed by atoms with Crippen molar-refractivity contribution in [2.45, 2.75) is 6.42 Å². The van der Waals surface area contributed by atoms with Crippen molar-refractivity contribution in [2.75, 3.05) is 19.0 Å². The Morgan fingerprint density at radius 1 is 1.42 bits per heavy atom. The van der Waals surface area contributed by atoms with E-state index in [2.05, 4.69) is 0 Å². The highest BCUT2D eigenvalue weighted by molar-refractivity contribution is 6.18. The van der Waals surface area contributed by atoms with Gasteiger partial charge in [0.05, 0.1) is 4.92 Å². The number of nitro benzene ring substituents is 1. The van der Waals surface area contributed by atoms with Crippen LogP contribution in [0.1, 0.15) is 15.9 Å². The van der Waals surface area contributed by atoms with Gasteiger partial charge in [0.15, 0.2) is 0 Å². The average molecular weight is 281 g/mol. The van der Waals surface area contributed by atoms with Gasteiger partial charge < -0.3 is 4.90 Å². The monoisotopic (exact) mass is 280 g/mol. The van der Waals surface area contributed by atoms with Crippen LogP contribution in [0.25, 0.3) is 0 Å². The molecule has 100 valence electrons. The van der Waals surface area contributed by atoms with Gasteiger partial charge in [-0.3, -0.25) is 14.9 Å². The fourth-order valence-corrected chi connectivity index (χ4v) is 2.19. The van der Waals surface area contributed by atoms with E-state index in [0.29, 0.717) is 31.0 Å². The number of rotatable bonds is 4. The van der Waals surface area contributed by atoms with E-state index in [9.17, 15) is 14.9 Å². The summed E-state index contributed by atoms with van der Waals surface area (Å²) in [5.41, 5.74) is 1.25. The summed E-state index contributed by atoms with van der Waals surface area (Å²) < 4.78 is 0. The molecule has 0 bridgehead atoms. The number of benzene rings is 1. The Labute approximate surface area is 115 Å². The van der Waals surface area contributed by atoms with Crippen molar-refractivity contribution >= 4 is 23.2 Å². The van der Waals surface area contributed by atoms with E-state index in [-0.39, 0.29) is 11.6 Å². The summed E-state index contributed by atoms with van der Waals surface area (Å²) >= 11 is 5.53. The molecule has 0 spiro atoms. The summed E-state index contributed by atoms with van der Waals surface area (Å²) in [7, 11) is 0. The van der Waals surface area contributed by atoms with Crippen molar-refractivity contribution in [3.8, 4) is 0 Å². The van der Waals surface area contributed by atoms with Crippen LogP contribution in [0.15, 0.2) is 30.4 Å². The van der Waals surface area contributed by atoms with E-state index < -0.39 is 4.92 Å². The lowest BCUT2D eigenvalue weighted by Gasteiger charge is -2.27. The molecule has 0 aromatic heterocycles. The smallest absolute Gasteiger partial charge is 0.270 e. The topological polar surface area (TPSA) is 63.4 Å². The molecule has 0 atom stereocenters. The number of alkyl halides is 1. The molecular formula is C13H13ClN2O3. The molecule has 1 aliphatic heterocycles. The van der Waals surface area contributed by atoms with Crippen LogP contribution in [0.4, 0.5) is 5.69 Å². The maximum Gasteiger partial charge on any atom is 0.270 e. The third-order valence-corrected chi connectivity index (χ3v) is 3.23. The summed E-state index contributed by atoms with van der Waals surface area (Å²) in [4.78, 5) is 24.1. The number of non-ortho nitro benzene ring substituents is 1. The second-order valence-electron chi connectivity index (χ2n) is 4.23. The Hall–Kier alpha value is -1.88. The molecule has 1 aromatic rings. The van der Waals surface area contributed by atoms with Crippen molar-refractivity contribution in [3.05, 3.63) is 51.6 Å². The van der Waals surface area contributed by atoms with E-state index in [1.165, 1.54) is 12.1 Å². The molecule has 0 saturated heterocycles. The van der Waals surface area contributed by atoms with Crippen molar-refractivity contribution in [1.29, 1.82) is 0 Å². The molecule has 0 saturated carbocycles. The van der Waals surface area contributed by atoms with Gasteiger partial charge in [-0.2, -0.15) is 0 Å². The number of carbonyl (C=O) groups is 1. The van der Waals surface area contributed by atoms with Gasteiger partial charge in [0.25, 0.3) is 11.6 Å². The molecule has 0 N–H and O–H groups in total. The third-order valence-electron chi connectivity index (χ3n) is 3.05. The quantitative estimate of drug-likeness (QED) is 0.368. The van der Waals surface area contributed by atoms with Crippen LogP contribution in [-0.2, 0) is 6.42 Å². The zero-order valence-corrected chi connectivity index (χ0v) is 11.0. The molecule has 1 aliphatic rings. The number of nitro groups is 1. The molecule has 1 amide bonds. The van der Waals surface area contributed by atoms with E-state index in [1.807, 2.05) is 6.08 Å². The maximum absolute atomic E-state index is 12.2. The van der Waals surface area contributed by atoms with Gasteiger partial charge >= 0.3 is 0 Å². The van der Waals surface area contributed by atoms with Crippen LogP contribution in [0.3, 0.4) is 0 Å². The fourth-order valence-electron chi connectivity index (χ4n) is 2.06. The van der Waals surface area contributed by atoms with Gasteiger partial charge in [-0.25, -0.2) is 0 Å². The Bertz CT molecular complexity index is 543. The van der Waals surface area contributed by atoms with Gasteiger partial charge in [0, 0.05) is 36.7 Å². The third kappa shape index (κ3) is 2.93. The predicted octanol–water partition coefficient (Wildman–Crippen LogP) is 2.39. The van der Waals surface area contributed by atoms with Crippen LogP contribution in [0.2, 0.25) is 0 Å². The normalized spacial score (nSPS) is 14.8. The number of amides is 1. The standard InChI is InChI=1S/C13H13ClN2O3/c14-6-1-2-7-15-8-5-10-3-4-11(16(18)19)9-12(10)13(15)17/h1-4,9H,5-8H2. The van der Waals surface area contributed by atoms with Crippen LogP contribution < -0.4 is 0 Å². The molecule has 5 nitrogen and oxygen atoms in total. The predicted molar refractivity (Wildman–Crippen MR) is 72.6 cm³/mol. The summed E-state index contributed by atoms with van der Waals surface area (Å²) in [6.45, 7) is 1.10. The molecule has 0 aliphatic carbocycles. The summed E-state index contributed by atoms with van der Waals surface area (Å²) in [6, 6.07) is 4.46. The van der Waals surface area contributed by atoms with Crippen molar-refractivity contribution in [2.24, 2.45) is 0 Å². The lowest BCUT2D eigenvalue weighted by atomic mass is 9.98. The average Bonchev–Trinajstić information content (AvgIpc) is 2.41. The number of nitrogens with zero attached hydrogens (tertiary/aromatic N) is 2. The minimum atomic E-state index is -0.486. The number of carbonyl (C=O) groups excluding carboxylic acids is 1. The van der Waals surface area contributed by atoms with E-state index in [0.717, 1.165) is 5.56 Å². The zero-order valence-electron chi connectivity index (χ0n) is 10.2. The highest BCUT2D eigenvalue weighted by Crippen LogP contribution is 2.23. The van der Waals surface area contributed by atoms with Gasteiger partial charge in [-0.15, -0.1) is 11.6 Å². The van der Waals surface area contributed by atoms with Crippen LogP contribution in [-0.4, -0.2) is 34.7 Å². The Kier molecular flexibility index (Phi) is 4.16. The minimum Gasteiger partial charge on any atom is -0.335 e. The molecule has 0 radical (unpaired) electrons. The summed E-state index contributed by atoms with van der Waals surface area (Å²) in [5.74, 6) is 0.244. The Morgan fingerprint density at radius 3 is 2.89 bits per heavy atom. The molecule has 1 heterocycles. The number of hydrogen-bond donors (Lipinski definition) is 0. The number of allylic oxidation sites excluding steroid dienone is 1. The molecule has 6 heteroatoms. The summed E-state index contributed by atoms with van der Waals surface area (Å²) in [5, 5.41) is 10.7. The van der Waals surface area contributed by atoms with Crippen molar-refractivity contribution in [1.82, 2.24) is 4.90 Å². The van der Waals surface area contributed by atoms with Gasteiger partial charge in [-0.1, -0.05) is 18.2 Å². The lowest BCUT2D eigenvalue weighted by molar-refractivity contribution is -0.384. The molecule has 0 fully saturated rings. The molecule has 0 unspecified atom stereocenters. The van der Waals surface area contributed by atoms with Gasteiger partial charge in [0.1, 0.15) is 0 Å². The molecule has 2 rings (SSSR count). The minimum absolute atomic E-state index is 0.0507. The fraction of sp³-hybridized carbons (Fsp3) is 0.308. The van der Waals surface area contributed by atoms with Crippen molar-refractivity contribution in [3.63, 3.8) is 0 Å². The first-order valence-corrected chi connectivity index (χ1v) is 6.44. The van der Waals surface area contributed by atoms with E-state index >= 15 is 0 Å². The van der Waals surface area contributed by atoms with Crippen LogP contribution >= 0.6 is 11.6 Å². The van der Waals surface area contributed by atoms with Crippen LogP contribution in [0, 0.1) is 10.1 Å². The number of halogens is 1. The summed E-state index contributed by atoms with van der Waals surface area (Å²) in [6.07, 6.45) is 4.32. The van der Waals surface area contributed by atoms with Crippen LogP contribution in [0.5, 0.6) is 0 Å². The Morgan fingerprint density at radius 2 is 2.21 bits per heavy atom.